The summed E-state index contributed by atoms with van der Waals surface area (Å²) in [5, 5.41) is 2.30. The summed E-state index contributed by atoms with van der Waals surface area (Å²) in [4.78, 5) is 12.8. The molecule has 8 heteroatoms. The van der Waals surface area contributed by atoms with Crippen molar-refractivity contribution in [3.63, 3.8) is 0 Å². The van der Waals surface area contributed by atoms with Gasteiger partial charge in [0.15, 0.2) is 12.2 Å². The Balaban J connectivity index is 1.06. The van der Waals surface area contributed by atoms with Gasteiger partial charge < -0.3 is 14.1 Å². The lowest BCUT2D eigenvalue weighted by Gasteiger charge is -2.34. The molecule has 0 radical (unpaired) electrons. The summed E-state index contributed by atoms with van der Waals surface area (Å²) in [7, 11) is 0. The third-order valence-electron chi connectivity index (χ3n) is 13.5. The van der Waals surface area contributed by atoms with Crippen molar-refractivity contribution in [3.8, 4) is 50.9 Å². The molecule has 0 saturated heterocycles. The minimum Gasteiger partial charge on any atom is -0.458 e. The fourth-order valence-corrected chi connectivity index (χ4v) is 10.2. The van der Waals surface area contributed by atoms with Crippen LogP contribution in [-0.4, -0.2) is 31.6 Å². The number of nitrogens with zero attached hydrogens (tertiary/aromatic N) is 6. The number of rotatable bonds is 8. The van der Waals surface area contributed by atoms with Gasteiger partial charge in [0.2, 0.25) is 5.82 Å². The molecule has 0 amide bonds. The predicted octanol–water partition coefficient (Wildman–Crippen LogP) is 12.6. The maximum Gasteiger partial charge on any atom is 0.321 e. The first kappa shape index (κ1) is 41.9. The number of ether oxygens (including phenoxy) is 1. The van der Waals surface area contributed by atoms with Gasteiger partial charge in [0.1, 0.15) is 17.3 Å². The van der Waals surface area contributed by atoms with Gasteiger partial charge in [-0.15, -0.1) is 4.99 Å². The Hall–Kier alpha value is -8.49. The molecular formula is C61H49BN6O. The van der Waals surface area contributed by atoms with Gasteiger partial charge in [-0.3, -0.25) is 9.13 Å². The average Bonchev–Trinajstić information content (AvgIpc) is 3.92. The predicted molar refractivity (Wildman–Crippen MR) is 283 cm³/mol. The number of hydrogen-bond acceptors (Lipinski definition) is 4. The zero-order valence-corrected chi connectivity index (χ0v) is 39.3. The lowest BCUT2D eigenvalue weighted by molar-refractivity contribution is -0.584. The lowest BCUT2D eigenvalue weighted by Crippen LogP contribution is -2.62. The topological polar surface area (TPSA) is 51.5 Å². The van der Waals surface area contributed by atoms with E-state index in [1.54, 1.807) is 0 Å². The van der Waals surface area contributed by atoms with Gasteiger partial charge in [0, 0.05) is 28.7 Å². The number of para-hydroxylation sites is 2. The molecule has 0 saturated carbocycles. The van der Waals surface area contributed by atoms with E-state index in [0.717, 1.165) is 84.2 Å². The fraction of sp³-hybridized carbons (Fsp3) is 0.0984. The highest BCUT2D eigenvalue weighted by atomic mass is 16.5. The SMILES string of the molecule is Cc1cccc(C)c1B1c2c([n+](-c3c(-c4ccccc4)cccc3-c3ccccc3)[c-]n2-c2cccc(Oc3ccc4c5ccccc5n(-c5cc(C(C)(C)C)ccn5)c4c3)c2)N=C2C=CC=CN12. The van der Waals surface area contributed by atoms with Crippen LogP contribution >= 0.6 is 0 Å². The summed E-state index contributed by atoms with van der Waals surface area (Å²) >= 11 is 0. The second kappa shape index (κ2) is 16.7. The number of benzene rings is 7. The van der Waals surface area contributed by atoms with Crippen molar-refractivity contribution < 1.29 is 9.30 Å². The Labute approximate surface area is 403 Å². The molecule has 12 rings (SSSR count). The second-order valence-electron chi connectivity index (χ2n) is 19.0. The first-order valence-corrected chi connectivity index (χ1v) is 23.6. The normalized spacial score (nSPS) is 13.2. The molecule has 0 bridgehead atoms. The molecule has 0 fully saturated rings. The molecule has 0 N–H and O–H groups in total. The molecule has 0 spiro atoms. The summed E-state index contributed by atoms with van der Waals surface area (Å²) < 4.78 is 13.6. The summed E-state index contributed by atoms with van der Waals surface area (Å²) in [6.45, 7) is 10.9. The zero-order chi connectivity index (χ0) is 46.8. The Bertz CT molecular complexity index is 3650. The molecule has 2 aliphatic heterocycles. The second-order valence-corrected chi connectivity index (χ2v) is 19.0. The van der Waals surface area contributed by atoms with Crippen LogP contribution in [-0.2, 0) is 5.41 Å². The molecule has 0 aliphatic carbocycles. The zero-order valence-electron chi connectivity index (χ0n) is 39.3. The molecule has 69 heavy (non-hydrogen) atoms. The molecule has 7 aromatic carbocycles. The van der Waals surface area contributed by atoms with Crippen molar-refractivity contribution in [2.75, 3.05) is 0 Å². The number of hydrogen-bond donors (Lipinski definition) is 0. The van der Waals surface area contributed by atoms with Gasteiger partial charge in [0.05, 0.1) is 22.3 Å². The third-order valence-corrected chi connectivity index (χ3v) is 13.5. The van der Waals surface area contributed by atoms with Crippen LogP contribution in [0.5, 0.6) is 11.5 Å². The Morgan fingerprint density at radius 3 is 2.03 bits per heavy atom. The maximum atomic E-state index is 6.91. The smallest absolute Gasteiger partial charge is 0.321 e. The minimum absolute atomic E-state index is 0.0319. The molecule has 10 aromatic rings. The Morgan fingerprint density at radius 1 is 0.623 bits per heavy atom. The summed E-state index contributed by atoms with van der Waals surface area (Å²) in [5.74, 6) is 3.97. The first-order valence-electron chi connectivity index (χ1n) is 23.6. The van der Waals surface area contributed by atoms with E-state index in [1.807, 2.05) is 12.3 Å². The van der Waals surface area contributed by atoms with Gasteiger partial charge >= 0.3 is 6.85 Å². The minimum atomic E-state index is -0.240. The number of amidine groups is 1. The summed E-state index contributed by atoms with van der Waals surface area (Å²) in [6.07, 6.45) is 14.3. The largest absolute Gasteiger partial charge is 0.458 e. The number of aromatic nitrogens is 4. The highest BCUT2D eigenvalue weighted by Gasteiger charge is 2.42. The van der Waals surface area contributed by atoms with Crippen molar-refractivity contribution in [2.24, 2.45) is 4.99 Å². The van der Waals surface area contributed by atoms with Crippen LogP contribution in [0.1, 0.15) is 37.5 Å². The third kappa shape index (κ3) is 7.27. The molecular weight excluding hydrogens is 844 g/mol. The number of aryl methyl sites for hydroxylation is 2. The number of pyridine rings is 1. The Kier molecular flexibility index (Phi) is 10.1. The molecule has 5 heterocycles. The summed E-state index contributed by atoms with van der Waals surface area (Å²) in [6, 6.07) is 61.9. The molecule has 3 aromatic heterocycles. The van der Waals surface area contributed by atoms with Crippen molar-refractivity contribution in [1.29, 1.82) is 0 Å². The highest BCUT2D eigenvalue weighted by Crippen LogP contribution is 2.38. The quantitative estimate of drug-likeness (QED) is 0.0867. The number of imidazole rings is 1. The van der Waals surface area contributed by atoms with E-state index in [4.69, 9.17) is 14.7 Å². The van der Waals surface area contributed by atoms with E-state index >= 15 is 0 Å². The standard InChI is InChI=1S/C61H49BN6O/c1-41-19-16-20-42(2)57(41)62-59-60(64-55-31-14-15-36-67(55)62)66(58-49(43-21-8-6-9-22-43)28-18-29-50(58)44-23-10-7-11-24-44)40-65(59)46-25-17-26-47(38-46)69-48-32-33-52-51-27-12-13-30-53(51)68(54(52)39-48)56-37-45(34-35-63-56)61(3,4)5/h6-39H,1-5H3. The molecule has 2 aliphatic rings. The van der Waals surface area contributed by atoms with Crippen LogP contribution in [0, 0.1) is 20.2 Å². The van der Waals surface area contributed by atoms with Gasteiger partial charge in [0.25, 0.3) is 0 Å². The monoisotopic (exact) mass is 892 g/mol. The lowest BCUT2D eigenvalue weighted by atomic mass is 9.48. The van der Waals surface area contributed by atoms with E-state index in [2.05, 4.69) is 254 Å². The van der Waals surface area contributed by atoms with Crippen LogP contribution in [0.15, 0.2) is 212 Å². The van der Waals surface area contributed by atoms with E-state index in [1.165, 1.54) is 22.2 Å². The van der Waals surface area contributed by atoms with Crippen molar-refractivity contribution in [3.05, 3.63) is 230 Å². The van der Waals surface area contributed by atoms with Gasteiger partial charge in [-0.2, -0.15) is 0 Å². The molecule has 0 atom stereocenters. The number of fused-ring (bicyclic) bond motifs is 5. The number of aliphatic imine (C=N–C) groups is 1. The van der Waals surface area contributed by atoms with E-state index in [-0.39, 0.29) is 12.3 Å². The average molecular weight is 893 g/mol. The fourth-order valence-electron chi connectivity index (χ4n) is 10.2. The molecule has 0 unspecified atom stereocenters. The highest BCUT2D eigenvalue weighted by molar-refractivity contribution is 6.86. The van der Waals surface area contributed by atoms with Crippen LogP contribution in [0.4, 0.5) is 5.82 Å². The van der Waals surface area contributed by atoms with Gasteiger partial charge in [-0.05, 0) is 108 Å². The first-order chi connectivity index (χ1) is 33.7. The van der Waals surface area contributed by atoms with E-state index < -0.39 is 0 Å². The van der Waals surface area contributed by atoms with Crippen LogP contribution in [0.2, 0.25) is 0 Å². The number of allylic oxidation sites excluding steroid dienone is 2. The maximum absolute atomic E-state index is 6.91. The van der Waals surface area contributed by atoms with Gasteiger partial charge in [-0.1, -0.05) is 171 Å². The van der Waals surface area contributed by atoms with Crippen LogP contribution in [0.25, 0.3) is 61.3 Å². The molecule has 332 valence electrons. The van der Waals surface area contributed by atoms with Crippen molar-refractivity contribution in [2.45, 2.75) is 40.0 Å². The summed E-state index contributed by atoms with van der Waals surface area (Å²) in [5.41, 5.74) is 14.2. The van der Waals surface area contributed by atoms with Gasteiger partial charge in [-0.25, -0.2) is 4.98 Å². The van der Waals surface area contributed by atoms with Crippen LogP contribution in [0.3, 0.4) is 0 Å². The van der Waals surface area contributed by atoms with E-state index in [9.17, 15) is 0 Å². The Morgan fingerprint density at radius 2 is 1.29 bits per heavy atom. The van der Waals surface area contributed by atoms with Crippen molar-refractivity contribution >= 4 is 51.4 Å². The molecule has 7 nitrogen and oxygen atoms in total. The van der Waals surface area contributed by atoms with E-state index in [0.29, 0.717) is 5.75 Å². The van der Waals surface area contributed by atoms with Crippen molar-refractivity contribution in [1.82, 2.24) is 18.9 Å². The van der Waals surface area contributed by atoms with Crippen LogP contribution < -0.4 is 20.4 Å².